The molecule has 1 aliphatic heterocycles. The summed E-state index contributed by atoms with van der Waals surface area (Å²) in [4.78, 5) is 13.2. The van der Waals surface area contributed by atoms with Gasteiger partial charge in [-0.1, -0.05) is 30.7 Å². The number of carboxylic acid groups (broad SMARTS) is 1. The lowest BCUT2D eigenvalue weighted by molar-refractivity contribution is -0.142. The topological polar surface area (TPSA) is 40.5 Å². The Kier molecular flexibility index (Phi) is 3.69. The first-order valence-corrected chi connectivity index (χ1v) is 6.25. The summed E-state index contributed by atoms with van der Waals surface area (Å²) < 4.78 is 0. The fraction of sp³-hybridized carbons (Fsp3) is 0.462. The molecule has 1 aromatic rings. The SMILES string of the molecule is CCN1C(c2ccc(Cl)cc2)CC[C@@H]1C(=O)O. The van der Waals surface area contributed by atoms with Crippen molar-refractivity contribution >= 4 is 17.6 Å². The largest absolute Gasteiger partial charge is 0.480 e. The number of likely N-dealkylation sites (tertiary alicyclic amines) is 1. The summed E-state index contributed by atoms with van der Waals surface area (Å²) in [5.41, 5.74) is 1.15. The van der Waals surface area contributed by atoms with Crippen molar-refractivity contribution in [2.24, 2.45) is 0 Å². The van der Waals surface area contributed by atoms with Crippen LogP contribution in [0, 0.1) is 0 Å². The van der Waals surface area contributed by atoms with Crippen molar-refractivity contribution in [1.82, 2.24) is 4.90 Å². The van der Waals surface area contributed by atoms with Gasteiger partial charge in [0.1, 0.15) is 6.04 Å². The van der Waals surface area contributed by atoms with Crippen molar-refractivity contribution < 1.29 is 9.90 Å². The molecule has 0 aromatic heterocycles. The molecule has 0 amide bonds. The van der Waals surface area contributed by atoms with Gasteiger partial charge in [0.15, 0.2) is 0 Å². The molecule has 1 fully saturated rings. The van der Waals surface area contributed by atoms with E-state index in [1.165, 1.54) is 0 Å². The highest BCUT2D eigenvalue weighted by molar-refractivity contribution is 6.30. The van der Waals surface area contributed by atoms with E-state index in [1.54, 1.807) is 0 Å². The summed E-state index contributed by atoms with van der Waals surface area (Å²) in [7, 11) is 0. The van der Waals surface area contributed by atoms with Crippen LogP contribution < -0.4 is 0 Å². The Morgan fingerprint density at radius 2 is 2.06 bits per heavy atom. The summed E-state index contributed by atoms with van der Waals surface area (Å²) in [5, 5.41) is 9.87. The predicted molar refractivity (Wildman–Crippen MR) is 67.2 cm³/mol. The van der Waals surface area contributed by atoms with E-state index in [0.29, 0.717) is 5.02 Å². The molecule has 0 spiro atoms. The van der Waals surface area contributed by atoms with Gasteiger partial charge >= 0.3 is 5.97 Å². The molecule has 1 unspecified atom stereocenters. The summed E-state index contributed by atoms with van der Waals surface area (Å²) in [5.74, 6) is -0.719. The zero-order valence-electron chi connectivity index (χ0n) is 9.77. The number of halogens is 1. The van der Waals surface area contributed by atoms with E-state index in [1.807, 2.05) is 36.1 Å². The Morgan fingerprint density at radius 1 is 1.41 bits per heavy atom. The van der Waals surface area contributed by atoms with E-state index >= 15 is 0 Å². The Morgan fingerprint density at radius 3 is 2.59 bits per heavy atom. The van der Waals surface area contributed by atoms with Crippen molar-refractivity contribution in [3.05, 3.63) is 34.9 Å². The predicted octanol–water partition coefficient (Wildman–Crippen LogP) is 2.95. The average Bonchev–Trinajstić information content (AvgIpc) is 2.73. The minimum Gasteiger partial charge on any atom is -0.480 e. The molecule has 1 aromatic carbocycles. The highest BCUT2D eigenvalue weighted by atomic mass is 35.5. The summed E-state index contributed by atoms with van der Waals surface area (Å²) in [6.45, 7) is 2.76. The highest BCUT2D eigenvalue weighted by Gasteiger charge is 2.37. The minimum absolute atomic E-state index is 0.207. The van der Waals surface area contributed by atoms with E-state index in [2.05, 4.69) is 0 Å². The standard InChI is InChI=1S/C13H16ClNO2/c1-2-15-11(7-8-12(15)13(16)17)9-3-5-10(14)6-4-9/h3-6,11-12H,2,7-8H2,1H3,(H,16,17)/t11?,12-/m1/s1. The van der Waals surface area contributed by atoms with E-state index < -0.39 is 5.97 Å². The van der Waals surface area contributed by atoms with Crippen LogP contribution in [0.4, 0.5) is 0 Å². The minimum atomic E-state index is -0.719. The van der Waals surface area contributed by atoms with Crippen LogP contribution in [0.3, 0.4) is 0 Å². The van der Waals surface area contributed by atoms with Crippen molar-refractivity contribution in [2.75, 3.05) is 6.54 Å². The third kappa shape index (κ3) is 2.45. The normalized spacial score (nSPS) is 25.1. The van der Waals surface area contributed by atoms with Crippen LogP contribution >= 0.6 is 11.6 Å². The first-order chi connectivity index (χ1) is 8.13. The quantitative estimate of drug-likeness (QED) is 0.900. The molecule has 2 rings (SSSR count). The van der Waals surface area contributed by atoms with Gasteiger partial charge in [-0.2, -0.15) is 0 Å². The molecule has 0 radical (unpaired) electrons. The molecule has 3 nitrogen and oxygen atoms in total. The maximum atomic E-state index is 11.1. The first-order valence-electron chi connectivity index (χ1n) is 5.87. The molecule has 0 aliphatic carbocycles. The van der Waals surface area contributed by atoms with Crippen molar-refractivity contribution in [3.8, 4) is 0 Å². The van der Waals surface area contributed by atoms with E-state index in [-0.39, 0.29) is 12.1 Å². The molecule has 0 saturated carbocycles. The molecule has 2 atom stereocenters. The van der Waals surface area contributed by atoms with Crippen LogP contribution in [0.5, 0.6) is 0 Å². The number of likely N-dealkylation sites (N-methyl/N-ethyl adjacent to an activating group) is 1. The smallest absolute Gasteiger partial charge is 0.320 e. The molecule has 1 N–H and O–H groups in total. The van der Waals surface area contributed by atoms with Crippen LogP contribution in [0.1, 0.15) is 31.4 Å². The Hall–Kier alpha value is -1.06. The zero-order valence-corrected chi connectivity index (χ0v) is 10.5. The average molecular weight is 254 g/mol. The van der Waals surface area contributed by atoms with Gasteiger partial charge in [-0.3, -0.25) is 9.69 Å². The molecule has 17 heavy (non-hydrogen) atoms. The van der Waals surface area contributed by atoms with E-state index in [4.69, 9.17) is 16.7 Å². The fourth-order valence-corrected chi connectivity index (χ4v) is 2.74. The lowest BCUT2D eigenvalue weighted by atomic mass is 10.0. The van der Waals surface area contributed by atoms with E-state index in [9.17, 15) is 4.79 Å². The summed E-state index contributed by atoms with van der Waals surface area (Å²) in [6, 6.07) is 7.55. The van der Waals surface area contributed by atoms with Gasteiger partial charge in [-0.25, -0.2) is 0 Å². The number of hydrogen-bond acceptors (Lipinski definition) is 2. The number of nitrogens with zero attached hydrogens (tertiary/aromatic N) is 1. The fourth-order valence-electron chi connectivity index (χ4n) is 2.61. The van der Waals surface area contributed by atoms with Gasteiger partial charge in [0.2, 0.25) is 0 Å². The zero-order chi connectivity index (χ0) is 12.4. The number of rotatable bonds is 3. The molecule has 0 bridgehead atoms. The first kappa shape index (κ1) is 12.4. The second kappa shape index (κ2) is 5.07. The Bertz CT molecular complexity index is 404. The Labute approximate surface area is 106 Å². The van der Waals surface area contributed by atoms with Crippen LogP contribution in [-0.4, -0.2) is 28.6 Å². The van der Waals surface area contributed by atoms with Crippen molar-refractivity contribution in [2.45, 2.75) is 31.8 Å². The third-order valence-electron chi connectivity index (χ3n) is 3.42. The van der Waals surface area contributed by atoms with Crippen LogP contribution in [0.15, 0.2) is 24.3 Å². The maximum Gasteiger partial charge on any atom is 0.320 e. The highest BCUT2D eigenvalue weighted by Crippen LogP contribution is 2.36. The molecular formula is C13H16ClNO2. The third-order valence-corrected chi connectivity index (χ3v) is 3.67. The number of benzene rings is 1. The van der Waals surface area contributed by atoms with Gasteiger partial charge in [0, 0.05) is 11.1 Å². The second-order valence-electron chi connectivity index (χ2n) is 4.33. The molecule has 1 heterocycles. The van der Waals surface area contributed by atoms with Crippen LogP contribution in [0.25, 0.3) is 0 Å². The molecule has 4 heteroatoms. The van der Waals surface area contributed by atoms with Gasteiger partial charge in [0.25, 0.3) is 0 Å². The summed E-state index contributed by atoms with van der Waals surface area (Å²) >= 11 is 5.86. The summed E-state index contributed by atoms with van der Waals surface area (Å²) in [6.07, 6.45) is 1.61. The molecule has 92 valence electrons. The van der Waals surface area contributed by atoms with Gasteiger partial charge < -0.3 is 5.11 Å². The van der Waals surface area contributed by atoms with E-state index in [0.717, 1.165) is 24.9 Å². The van der Waals surface area contributed by atoms with Crippen molar-refractivity contribution in [3.63, 3.8) is 0 Å². The maximum absolute atomic E-state index is 11.1. The number of aliphatic carboxylic acids is 1. The van der Waals surface area contributed by atoms with Gasteiger partial charge in [-0.15, -0.1) is 0 Å². The second-order valence-corrected chi connectivity index (χ2v) is 4.77. The van der Waals surface area contributed by atoms with Crippen LogP contribution in [-0.2, 0) is 4.79 Å². The lowest BCUT2D eigenvalue weighted by Crippen LogP contribution is -2.37. The number of hydrogen-bond donors (Lipinski definition) is 1. The Balaban J connectivity index is 2.22. The number of carboxylic acids is 1. The van der Waals surface area contributed by atoms with Crippen molar-refractivity contribution in [1.29, 1.82) is 0 Å². The number of carbonyl (C=O) groups is 1. The molecular weight excluding hydrogens is 238 g/mol. The van der Waals surface area contributed by atoms with Crippen LogP contribution in [0.2, 0.25) is 5.02 Å². The molecule has 1 saturated heterocycles. The lowest BCUT2D eigenvalue weighted by Gasteiger charge is -2.26. The monoisotopic (exact) mass is 253 g/mol. The van der Waals surface area contributed by atoms with Gasteiger partial charge in [-0.05, 0) is 37.1 Å². The van der Waals surface area contributed by atoms with Gasteiger partial charge in [0.05, 0.1) is 0 Å². The molecule has 1 aliphatic rings.